The van der Waals surface area contributed by atoms with E-state index in [9.17, 15) is 19.2 Å². The molecule has 1 aromatic heterocycles. The number of rotatable bonds is 9. The Kier molecular flexibility index (Phi) is 8.38. The number of Topliss-reactive ketones (excluding diaryl/α,β-unsaturated/α-hetero) is 2. The smallest absolute Gasteiger partial charge is 0.261 e. The molecule has 0 radical (unpaired) electrons. The summed E-state index contributed by atoms with van der Waals surface area (Å²) in [4.78, 5) is 58.5. The molecule has 1 saturated heterocycles. The lowest BCUT2D eigenvalue weighted by Crippen LogP contribution is -2.48. The van der Waals surface area contributed by atoms with Gasteiger partial charge in [0, 0.05) is 63.1 Å². The molecule has 0 N–H and O–H groups in total. The molecule has 1 fully saturated rings. The van der Waals surface area contributed by atoms with Crippen molar-refractivity contribution < 1.29 is 14.4 Å². The van der Waals surface area contributed by atoms with Crippen molar-refractivity contribution in [1.29, 1.82) is 0 Å². The zero-order chi connectivity index (χ0) is 26.5. The maximum Gasteiger partial charge on any atom is 0.261 e. The van der Waals surface area contributed by atoms with Crippen LogP contribution in [-0.4, -0.2) is 58.1 Å². The SMILES string of the molecule is CCC(=O)CC(CC(=O)Cn1cnc2ccc(N3CCN(C(C)=O)CC3)cc2c1=O)c1ccc(Cl)cc1. The van der Waals surface area contributed by atoms with Gasteiger partial charge < -0.3 is 9.80 Å². The average molecular weight is 523 g/mol. The molecule has 1 amide bonds. The lowest BCUT2D eigenvalue weighted by Gasteiger charge is -2.35. The lowest BCUT2D eigenvalue weighted by molar-refractivity contribution is -0.129. The molecule has 1 aliphatic rings. The van der Waals surface area contributed by atoms with Crippen molar-refractivity contribution >= 4 is 45.7 Å². The third-order valence-electron chi connectivity index (χ3n) is 6.93. The summed E-state index contributed by atoms with van der Waals surface area (Å²) in [6.07, 6.45) is 2.20. The monoisotopic (exact) mass is 522 g/mol. The first-order chi connectivity index (χ1) is 17.7. The maximum atomic E-state index is 13.3. The van der Waals surface area contributed by atoms with Gasteiger partial charge in [-0.05, 0) is 41.8 Å². The highest BCUT2D eigenvalue weighted by atomic mass is 35.5. The Morgan fingerprint density at radius 2 is 1.65 bits per heavy atom. The van der Waals surface area contributed by atoms with Crippen LogP contribution in [0.2, 0.25) is 5.02 Å². The number of benzene rings is 2. The van der Waals surface area contributed by atoms with Gasteiger partial charge in [-0.1, -0.05) is 30.7 Å². The van der Waals surface area contributed by atoms with Crippen LogP contribution >= 0.6 is 11.6 Å². The first-order valence-corrected chi connectivity index (χ1v) is 12.9. The third kappa shape index (κ3) is 6.43. The summed E-state index contributed by atoms with van der Waals surface area (Å²) in [6, 6.07) is 12.7. The second-order valence-corrected chi connectivity index (χ2v) is 9.90. The van der Waals surface area contributed by atoms with Gasteiger partial charge in [-0.2, -0.15) is 0 Å². The van der Waals surface area contributed by atoms with E-state index in [2.05, 4.69) is 9.88 Å². The van der Waals surface area contributed by atoms with Crippen molar-refractivity contribution in [2.45, 2.75) is 45.6 Å². The van der Waals surface area contributed by atoms with Crippen LogP contribution in [0.5, 0.6) is 0 Å². The number of nitrogens with zero attached hydrogens (tertiary/aromatic N) is 4. The molecule has 9 heteroatoms. The van der Waals surface area contributed by atoms with E-state index in [0.29, 0.717) is 48.5 Å². The minimum atomic E-state index is -0.282. The highest BCUT2D eigenvalue weighted by Crippen LogP contribution is 2.26. The summed E-state index contributed by atoms with van der Waals surface area (Å²) in [7, 11) is 0. The quantitative estimate of drug-likeness (QED) is 0.424. The van der Waals surface area contributed by atoms with E-state index in [-0.39, 0.29) is 48.3 Å². The summed E-state index contributed by atoms with van der Waals surface area (Å²) in [5.41, 5.74) is 2.04. The molecule has 2 heterocycles. The number of ketones is 2. The molecule has 1 aliphatic heterocycles. The van der Waals surface area contributed by atoms with Gasteiger partial charge in [-0.15, -0.1) is 0 Å². The normalized spacial score (nSPS) is 14.6. The molecule has 0 saturated carbocycles. The maximum absolute atomic E-state index is 13.3. The first kappa shape index (κ1) is 26.5. The third-order valence-corrected chi connectivity index (χ3v) is 7.18. The fourth-order valence-electron chi connectivity index (χ4n) is 4.73. The molecule has 37 heavy (non-hydrogen) atoms. The van der Waals surface area contributed by atoms with Crippen LogP contribution in [0.3, 0.4) is 0 Å². The Hall–Kier alpha value is -3.52. The minimum absolute atomic E-state index is 0.0623. The Balaban J connectivity index is 1.52. The zero-order valence-corrected chi connectivity index (χ0v) is 21.9. The molecule has 4 rings (SSSR count). The summed E-state index contributed by atoms with van der Waals surface area (Å²) < 4.78 is 1.34. The predicted octanol–water partition coefficient (Wildman–Crippen LogP) is 3.83. The van der Waals surface area contributed by atoms with Crippen LogP contribution in [0.25, 0.3) is 10.9 Å². The minimum Gasteiger partial charge on any atom is -0.368 e. The number of amides is 1. The number of carbonyl (C=O) groups is 3. The van der Waals surface area contributed by atoms with Gasteiger partial charge >= 0.3 is 0 Å². The average Bonchev–Trinajstić information content (AvgIpc) is 2.90. The second-order valence-electron chi connectivity index (χ2n) is 9.46. The molecule has 0 aliphatic carbocycles. The van der Waals surface area contributed by atoms with E-state index in [1.807, 2.05) is 35.2 Å². The van der Waals surface area contributed by atoms with Crippen LogP contribution in [0.15, 0.2) is 53.6 Å². The number of hydrogen-bond acceptors (Lipinski definition) is 6. The highest BCUT2D eigenvalue weighted by molar-refractivity contribution is 6.30. The van der Waals surface area contributed by atoms with E-state index < -0.39 is 0 Å². The molecule has 0 bridgehead atoms. The lowest BCUT2D eigenvalue weighted by atomic mass is 9.88. The fraction of sp³-hybridized carbons (Fsp3) is 0.393. The summed E-state index contributed by atoms with van der Waals surface area (Å²) in [6.45, 7) is 5.89. The van der Waals surface area contributed by atoms with Gasteiger partial charge in [0.2, 0.25) is 5.91 Å². The molecule has 3 aromatic rings. The predicted molar refractivity (Wildman–Crippen MR) is 144 cm³/mol. The van der Waals surface area contributed by atoms with Crippen molar-refractivity contribution in [3.05, 3.63) is 69.7 Å². The number of piperazine rings is 1. The molecule has 1 unspecified atom stereocenters. The highest BCUT2D eigenvalue weighted by Gasteiger charge is 2.21. The zero-order valence-electron chi connectivity index (χ0n) is 21.2. The largest absolute Gasteiger partial charge is 0.368 e. The number of anilines is 1. The first-order valence-electron chi connectivity index (χ1n) is 12.5. The fourth-order valence-corrected chi connectivity index (χ4v) is 4.85. The molecule has 194 valence electrons. The number of hydrogen-bond donors (Lipinski definition) is 0. The second kappa shape index (κ2) is 11.7. The number of halogens is 1. The van der Waals surface area contributed by atoms with Crippen LogP contribution < -0.4 is 10.5 Å². The Labute approximate surface area is 220 Å². The molecule has 8 nitrogen and oxygen atoms in total. The molecular weight excluding hydrogens is 492 g/mol. The molecule has 0 spiro atoms. The van der Waals surface area contributed by atoms with Gasteiger partial charge in [0.05, 0.1) is 23.8 Å². The van der Waals surface area contributed by atoms with Gasteiger partial charge in [0.1, 0.15) is 5.78 Å². The van der Waals surface area contributed by atoms with Crippen molar-refractivity contribution in [2.24, 2.45) is 0 Å². The standard InChI is InChI=1S/C28H31ClN4O4/c1-3-24(35)14-21(20-4-6-22(29)7-5-20)15-25(36)17-33-18-30-27-9-8-23(16-26(27)28(33)37)32-12-10-31(11-13-32)19(2)34/h4-9,16,18,21H,3,10-15,17H2,1-2H3. The molecule has 1 atom stereocenters. The molecule has 2 aromatic carbocycles. The van der Waals surface area contributed by atoms with E-state index in [1.54, 1.807) is 26.0 Å². The Morgan fingerprint density at radius 3 is 2.30 bits per heavy atom. The van der Waals surface area contributed by atoms with Crippen LogP contribution in [0.4, 0.5) is 5.69 Å². The Bertz CT molecular complexity index is 1360. The number of aromatic nitrogens is 2. The van der Waals surface area contributed by atoms with Gasteiger partial charge in [0.15, 0.2) is 5.78 Å². The Morgan fingerprint density at radius 1 is 0.973 bits per heavy atom. The summed E-state index contributed by atoms with van der Waals surface area (Å²) >= 11 is 6.01. The van der Waals surface area contributed by atoms with Crippen LogP contribution in [0.1, 0.15) is 44.6 Å². The number of fused-ring (bicyclic) bond motifs is 1. The van der Waals surface area contributed by atoms with Crippen molar-refractivity contribution in [1.82, 2.24) is 14.5 Å². The van der Waals surface area contributed by atoms with Gasteiger partial charge in [-0.25, -0.2) is 4.98 Å². The van der Waals surface area contributed by atoms with Gasteiger partial charge in [0.25, 0.3) is 5.56 Å². The van der Waals surface area contributed by atoms with Crippen LogP contribution in [0, 0.1) is 0 Å². The van der Waals surface area contributed by atoms with Crippen molar-refractivity contribution in [2.75, 3.05) is 31.1 Å². The molecular formula is C28H31ClN4O4. The number of carbonyl (C=O) groups excluding carboxylic acids is 3. The topological polar surface area (TPSA) is 92.6 Å². The van der Waals surface area contributed by atoms with Gasteiger partial charge in [-0.3, -0.25) is 23.7 Å². The van der Waals surface area contributed by atoms with Crippen molar-refractivity contribution in [3.63, 3.8) is 0 Å². The van der Waals surface area contributed by atoms with Crippen LogP contribution in [-0.2, 0) is 20.9 Å². The van der Waals surface area contributed by atoms with E-state index in [1.165, 1.54) is 10.9 Å². The van der Waals surface area contributed by atoms with E-state index in [0.717, 1.165) is 11.3 Å². The summed E-state index contributed by atoms with van der Waals surface area (Å²) in [5, 5.41) is 1.03. The van der Waals surface area contributed by atoms with E-state index in [4.69, 9.17) is 11.6 Å². The van der Waals surface area contributed by atoms with E-state index >= 15 is 0 Å². The summed E-state index contributed by atoms with van der Waals surface area (Å²) in [5.74, 6) is -0.286. The van der Waals surface area contributed by atoms with Crippen molar-refractivity contribution in [3.8, 4) is 0 Å².